The first-order valence-electron chi connectivity index (χ1n) is 9.16. The molecule has 0 aromatic rings. The number of alkyl halides is 1. The average Bonchev–Trinajstić information content (AvgIpc) is 2.78. The molecular weight excluding hydrogens is 279 g/mol. The Balaban J connectivity index is 1.72. The van der Waals surface area contributed by atoms with Gasteiger partial charge in [-0.3, -0.25) is 0 Å². The molecule has 0 amide bonds. The Kier molecular flexibility index (Phi) is 3.30. The van der Waals surface area contributed by atoms with E-state index in [1.165, 1.54) is 25.7 Å². The number of hydrogen-bond acceptors (Lipinski definition) is 2. The summed E-state index contributed by atoms with van der Waals surface area (Å²) >= 11 is 0. The predicted octanol–water partition coefficient (Wildman–Crippen LogP) is 3.97. The maximum absolute atomic E-state index is 14.8. The molecule has 2 nitrogen and oxygen atoms in total. The molecule has 0 heterocycles. The van der Waals surface area contributed by atoms with Crippen molar-refractivity contribution in [1.82, 2.24) is 0 Å². The van der Waals surface area contributed by atoms with Crippen LogP contribution in [0.15, 0.2) is 11.6 Å². The first-order chi connectivity index (χ1) is 10.4. The third kappa shape index (κ3) is 1.73. The normalized spacial score (nSPS) is 54.2. The lowest BCUT2D eigenvalue weighted by molar-refractivity contribution is -0.219. The van der Waals surface area contributed by atoms with Crippen LogP contribution in [0.3, 0.4) is 0 Å². The van der Waals surface area contributed by atoms with Gasteiger partial charge >= 0.3 is 0 Å². The van der Waals surface area contributed by atoms with Crippen LogP contribution in [0.1, 0.15) is 64.7 Å². The molecule has 3 saturated carbocycles. The second kappa shape index (κ2) is 4.80. The Bertz CT molecular complexity index is 500. The highest BCUT2D eigenvalue weighted by atomic mass is 19.2. The summed E-state index contributed by atoms with van der Waals surface area (Å²) in [6.45, 7) is 2.22. The molecule has 0 aromatic carbocycles. The minimum absolute atomic E-state index is 0.141. The van der Waals surface area contributed by atoms with Crippen LogP contribution in [0, 0.1) is 28.6 Å². The van der Waals surface area contributed by atoms with Gasteiger partial charge in [-0.05, 0) is 68.1 Å². The third-order valence-corrected chi connectivity index (χ3v) is 8.06. The van der Waals surface area contributed by atoms with Crippen LogP contribution in [0.2, 0.25) is 0 Å². The molecule has 124 valence electrons. The van der Waals surface area contributed by atoms with Gasteiger partial charge in [0.1, 0.15) is 0 Å². The quantitative estimate of drug-likeness (QED) is 0.720. The van der Waals surface area contributed by atoms with E-state index >= 15 is 0 Å². The van der Waals surface area contributed by atoms with Crippen molar-refractivity contribution in [2.24, 2.45) is 28.6 Å². The maximum atomic E-state index is 14.8. The molecule has 0 aromatic heterocycles. The van der Waals surface area contributed by atoms with Gasteiger partial charge in [-0.1, -0.05) is 25.0 Å². The number of fused-ring (bicyclic) bond motifs is 5. The molecular formula is C19H29FO2. The highest BCUT2D eigenvalue weighted by molar-refractivity contribution is 5.25. The van der Waals surface area contributed by atoms with Crippen LogP contribution >= 0.6 is 0 Å². The van der Waals surface area contributed by atoms with E-state index in [9.17, 15) is 14.6 Å². The molecule has 0 bridgehead atoms. The van der Waals surface area contributed by atoms with Gasteiger partial charge < -0.3 is 10.2 Å². The van der Waals surface area contributed by atoms with Gasteiger partial charge in [-0.15, -0.1) is 0 Å². The van der Waals surface area contributed by atoms with Crippen LogP contribution in [-0.4, -0.2) is 22.7 Å². The third-order valence-electron chi connectivity index (χ3n) is 8.06. The largest absolute Gasteiger partial charge is 0.396 e. The number of hydrogen-bond donors (Lipinski definition) is 2. The molecule has 2 N–H and O–H groups in total. The Labute approximate surface area is 132 Å². The summed E-state index contributed by atoms with van der Waals surface area (Å²) in [6.07, 6.45) is 11.1. The molecule has 3 fully saturated rings. The fourth-order valence-electron chi connectivity index (χ4n) is 6.79. The van der Waals surface area contributed by atoms with Gasteiger partial charge in [-0.2, -0.15) is 0 Å². The molecule has 4 aliphatic carbocycles. The molecule has 0 radical (unpaired) electrons. The van der Waals surface area contributed by atoms with Gasteiger partial charge in [0, 0.05) is 6.42 Å². The summed E-state index contributed by atoms with van der Waals surface area (Å²) in [5, 5.41) is 20.2. The fraction of sp³-hybridized carbons (Fsp3) is 0.895. The van der Waals surface area contributed by atoms with E-state index in [0.29, 0.717) is 23.7 Å². The monoisotopic (exact) mass is 308 g/mol. The van der Waals surface area contributed by atoms with Crippen LogP contribution in [-0.2, 0) is 0 Å². The van der Waals surface area contributed by atoms with Crippen LogP contribution in [0.4, 0.5) is 4.39 Å². The van der Waals surface area contributed by atoms with Gasteiger partial charge in [0.2, 0.25) is 5.85 Å². The Hall–Kier alpha value is -0.410. The predicted molar refractivity (Wildman–Crippen MR) is 83.8 cm³/mol. The highest BCUT2D eigenvalue weighted by Gasteiger charge is 2.66. The number of rotatable bonds is 1. The maximum Gasteiger partial charge on any atom is 0.214 e. The van der Waals surface area contributed by atoms with E-state index in [4.69, 9.17) is 0 Å². The van der Waals surface area contributed by atoms with E-state index in [1.807, 2.05) is 0 Å². The molecule has 6 atom stereocenters. The summed E-state index contributed by atoms with van der Waals surface area (Å²) in [5.74, 6) is -0.971. The van der Waals surface area contributed by atoms with E-state index in [2.05, 4.69) is 13.0 Å². The zero-order chi connectivity index (χ0) is 15.6. The first kappa shape index (κ1) is 15.1. The van der Waals surface area contributed by atoms with Crippen molar-refractivity contribution < 1.29 is 14.6 Å². The van der Waals surface area contributed by atoms with E-state index in [0.717, 1.165) is 19.3 Å². The van der Waals surface area contributed by atoms with Crippen molar-refractivity contribution in [2.45, 2.75) is 70.6 Å². The first-order valence-corrected chi connectivity index (χ1v) is 9.16. The minimum atomic E-state index is -2.17. The van der Waals surface area contributed by atoms with Crippen molar-refractivity contribution in [1.29, 1.82) is 0 Å². The van der Waals surface area contributed by atoms with Gasteiger partial charge in [0.15, 0.2) is 0 Å². The van der Waals surface area contributed by atoms with Gasteiger partial charge in [0.25, 0.3) is 0 Å². The molecule has 4 aliphatic rings. The van der Waals surface area contributed by atoms with Crippen molar-refractivity contribution in [3.05, 3.63) is 11.6 Å². The SMILES string of the molecule is C[C@]12CCCCC1=CC[C@@H]1[C@H]2CC[C@@]2(CO)[C@H]1CCC2(O)F. The van der Waals surface area contributed by atoms with E-state index < -0.39 is 11.3 Å². The molecule has 1 unspecified atom stereocenters. The van der Waals surface area contributed by atoms with Crippen molar-refractivity contribution in [2.75, 3.05) is 6.61 Å². The standard InChI is InChI=1S/C19H29FO2/c1-17-9-3-2-4-13(17)5-6-14-15(17)7-10-18(12-21)16(14)8-11-19(18,20)22/h5,14-16,21-22H,2-4,6-12H2,1H3/t14-,15-,16+,17+,18-,19?/m1/s1. The molecule has 22 heavy (non-hydrogen) atoms. The Morgan fingerprint density at radius 3 is 2.73 bits per heavy atom. The average molecular weight is 308 g/mol. The second-order valence-corrected chi connectivity index (χ2v) is 8.62. The van der Waals surface area contributed by atoms with Crippen LogP contribution in [0.5, 0.6) is 0 Å². The molecule has 4 rings (SSSR count). The zero-order valence-electron chi connectivity index (χ0n) is 13.7. The summed E-state index contributed by atoms with van der Waals surface area (Å²) < 4.78 is 14.8. The fourth-order valence-corrected chi connectivity index (χ4v) is 6.79. The highest BCUT2D eigenvalue weighted by Crippen LogP contribution is 2.67. The van der Waals surface area contributed by atoms with Crippen molar-refractivity contribution in [3.63, 3.8) is 0 Å². The minimum Gasteiger partial charge on any atom is -0.396 e. The molecule has 3 heteroatoms. The Morgan fingerprint density at radius 1 is 1.18 bits per heavy atom. The number of halogens is 1. The van der Waals surface area contributed by atoms with E-state index in [1.54, 1.807) is 5.57 Å². The summed E-state index contributed by atoms with van der Waals surface area (Å²) in [7, 11) is 0. The number of aliphatic hydroxyl groups is 2. The lowest BCUT2D eigenvalue weighted by atomic mass is 9.47. The van der Waals surface area contributed by atoms with Crippen LogP contribution in [0.25, 0.3) is 0 Å². The smallest absolute Gasteiger partial charge is 0.214 e. The topological polar surface area (TPSA) is 40.5 Å². The van der Waals surface area contributed by atoms with Gasteiger partial charge in [-0.25, -0.2) is 4.39 Å². The summed E-state index contributed by atoms with van der Waals surface area (Å²) in [6, 6.07) is 0. The van der Waals surface area contributed by atoms with Crippen molar-refractivity contribution >= 4 is 0 Å². The number of aliphatic hydroxyl groups excluding tert-OH is 1. The zero-order valence-corrected chi connectivity index (χ0v) is 13.7. The van der Waals surface area contributed by atoms with E-state index in [-0.39, 0.29) is 18.9 Å². The second-order valence-electron chi connectivity index (χ2n) is 8.62. The Morgan fingerprint density at radius 2 is 1.95 bits per heavy atom. The summed E-state index contributed by atoms with van der Waals surface area (Å²) in [5.41, 5.74) is 1.04. The molecule has 0 saturated heterocycles. The lowest BCUT2D eigenvalue weighted by Crippen LogP contribution is -2.55. The van der Waals surface area contributed by atoms with Crippen molar-refractivity contribution in [3.8, 4) is 0 Å². The van der Waals surface area contributed by atoms with Gasteiger partial charge in [0.05, 0.1) is 12.0 Å². The lowest BCUT2D eigenvalue weighted by Gasteiger charge is -2.58. The molecule has 0 spiro atoms. The number of allylic oxidation sites excluding steroid dienone is 2. The summed E-state index contributed by atoms with van der Waals surface area (Å²) in [4.78, 5) is 0. The molecule has 0 aliphatic heterocycles. The van der Waals surface area contributed by atoms with Crippen LogP contribution < -0.4 is 0 Å².